The molecule has 1 N–H and O–H groups in total. The van der Waals surface area contributed by atoms with E-state index in [2.05, 4.69) is 5.32 Å². The maximum atomic E-state index is 13.8. The fraction of sp³-hybridized carbons (Fsp3) is 0.538. The zero-order valence-corrected chi connectivity index (χ0v) is 11.2. The van der Waals surface area contributed by atoms with Crippen molar-refractivity contribution in [3.05, 3.63) is 34.6 Å². The molecule has 1 aromatic carbocycles. The number of hydrogen-bond donors (Lipinski definition) is 1. The fourth-order valence-corrected chi connectivity index (χ4v) is 2.38. The van der Waals surface area contributed by atoms with Crippen molar-refractivity contribution in [2.24, 2.45) is 0 Å². The highest BCUT2D eigenvalue weighted by molar-refractivity contribution is 5.28. The van der Waals surface area contributed by atoms with Gasteiger partial charge in [0.05, 0.1) is 12.1 Å². The van der Waals surface area contributed by atoms with Crippen molar-refractivity contribution in [2.45, 2.75) is 25.0 Å². The lowest BCUT2D eigenvalue weighted by molar-refractivity contribution is -0.0931. The van der Waals surface area contributed by atoms with Crippen molar-refractivity contribution < 1.29 is 31.4 Å². The van der Waals surface area contributed by atoms with Crippen LogP contribution in [0, 0.1) is 29.1 Å². The molecule has 8 heteroatoms. The molecule has 0 aliphatic carbocycles. The van der Waals surface area contributed by atoms with Crippen molar-refractivity contribution in [3.63, 3.8) is 0 Å². The number of methoxy groups -OCH3 is 1. The van der Waals surface area contributed by atoms with Crippen molar-refractivity contribution in [1.29, 1.82) is 0 Å². The standard InChI is InChI=1S/C13H14F5NO2/c1-20-5-21-6-3-2-4-19-13(6)7-8(14)10(16)12(18)11(17)9(7)15/h6,13,19H,2-5H2,1H3/t6-,13+/m0/s1. The van der Waals surface area contributed by atoms with Crippen LogP contribution in [0.4, 0.5) is 22.0 Å². The summed E-state index contributed by atoms with van der Waals surface area (Å²) in [5.74, 6) is -9.75. The third-order valence-electron chi connectivity index (χ3n) is 3.36. The Hall–Kier alpha value is -1.25. The second-order valence-electron chi connectivity index (χ2n) is 4.67. The Kier molecular flexibility index (Phi) is 5.13. The summed E-state index contributed by atoms with van der Waals surface area (Å²) in [5, 5.41) is 2.73. The van der Waals surface area contributed by atoms with Gasteiger partial charge in [-0.1, -0.05) is 0 Å². The monoisotopic (exact) mass is 311 g/mol. The van der Waals surface area contributed by atoms with Crippen molar-refractivity contribution in [2.75, 3.05) is 20.4 Å². The van der Waals surface area contributed by atoms with Gasteiger partial charge in [0.15, 0.2) is 23.3 Å². The molecule has 1 saturated heterocycles. The van der Waals surface area contributed by atoms with E-state index in [1.807, 2.05) is 0 Å². The summed E-state index contributed by atoms with van der Waals surface area (Å²) in [6.07, 6.45) is 0.327. The van der Waals surface area contributed by atoms with E-state index < -0.39 is 46.8 Å². The maximum Gasteiger partial charge on any atom is 0.200 e. The van der Waals surface area contributed by atoms with Crippen LogP contribution in [0.25, 0.3) is 0 Å². The van der Waals surface area contributed by atoms with Crippen molar-refractivity contribution in [3.8, 4) is 0 Å². The smallest absolute Gasteiger partial charge is 0.200 e. The van der Waals surface area contributed by atoms with Crippen LogP contribution in [0.1, 0.15) is 24.4 Å². The Morgan fingerprint density at radius 1 is 1.00 bits per heavy atom. The highest BCUT2D eigenvalue weighted by Gasteiger charge is 2.36. The zero-order chi connectivity index (χ0) is 15.6. The second kappa shape index (κ2) is 6.67. The Morgan fingerprint density at radius 2 is 1.57 bits per heavy atom. The third kappa shape index (κ3) is 3.02. The number of halogens is 5. The second-order valence-corrected chi connectivity index (χ2v) is 4.67. The Labute approximate surface area is 118 Å². The summed E-state index contributed by atoms with van der Waals surface area (Å²) >= 11 is 0. The van der Waals surface area contributed by atoms with Gasteiger partial charge in [0, 0.05) is 12.7 Å². The fourth-order valence-electron chi connectivity index (χ4n) is 2.38. The molecule has 3 nitrogen and oxygen atoms in total. The third-order valence-corrected chi connectivity index (χ3v) is 3.36. The number of piperidine rings is 1. The lowest BCUT2D eigenvalue weighted by Gasteiger charge is -2.33. The van der Waals surface area contributed by atoms with Gasteiger partial charge >= 0.3 is 0 Å². The normalized spacial score (nSPS) is 22.6. The van der Waals surface area contributed by atoms with Crippen LogP contribution < -0.4 is 5.32 Å². The van der Waals surface area contributed by atoms with Crippen LogP contribution >= 0.6 is 0 Å². The highest BCUT2D eigenvalue weighted by Crippen LogP contribution is 2.33. The van der Waals surface area contributed by atoms with E-state index in [4.69, 9.17) is 9.47 Å². The molecule has 1 aliphatic rings. The molecule has 0 unspecified atom stereocenters. The van der Waals surface area contributed by atoms with Gasteiger partial charge in [-0.3, -0.25) is 0 Å². The topological polar surface area (TPSA) is 30.5 Å². The molecule has 0 spiro atoms. The minimum absolute atomic E-state index is 0.141. The van der Waals surface area contributed by atoms with Crippen LogP contribution in [0.15, 0.2) is 0 Å². The van der Waals surface area contributed by atoms with Gasteiger partial charge < -0.3 is 14.8 Å². The average molecular weight is 311 g/mol. The Balaban J connectivity index is 2.43. The van der Waals surface area contributed by atoms with E-state index >= 15 is 0 Å². The van der Waals surface area contributed by atoms with Gasteiger partial charge in [0.2, 0.25) is 5.82 Å². The first-order valence-electron chi connectivity index (χ1n) is 6.34. The molecule has 1 aromatic rings. The van der Waals surface area contributed by atoms with E-state index in [-0.39, 0.29) is 6.79 Å². The quantitative estimate of drug-likeness (QED) is 0.401. The average Bonchev–Trinajstić information content (AvgIpc) is 2.50. The van der Waals surface area contributed by atoms with E-state index in [9.17, 15) is 22.0 Å². The van der Waals surface area contributed by atoms with Crippen LogP contribution in [0.5, 0.6) is 0 Å². The van der Waals surface area contributed by atoms with Gasteiger partial charge in [-0.25, -0.2) is 22.0 Å². The largest absolute Gasteiger partial charge is 0.359 e. The number of nitrogens with one attached hydrogen (secondary N) is 1. The first-order valence-corrected chi connectivity index (χ1v) is 6.34. The number of benzene rings is 1. The number of ether oxygens (including phenoxy) is 2. The van der Waals surface area contributed by atoms with E-state index in [1.165, 1.54) is 7.11 Å². The van der Waals surface area contributed by atoms with Crippen LogP contribution in [0.2, 0.25) is 0 Å². The molecular formula is C13H14F5NO2. The molecule has 1 aliphatic heterocycles. The lowest BCUT2D eigenvalue weighted by Crippen LogP contribution is -2.41. The van der Waals surface area contributed by atoms with E-state index in [0.717, 1.165) is 0 Å². The molecule has 118 valence electrons. The zero-order valence-electron chi connectivity index (χ0n) is 11.2. The lowest BCUT2D eigenvalue weighted by atomic mass is 9.93. The molecule has 2 atom stereocenters. The summed E-state index contributed by atoms with van der Waals surface area (Å²) in [7, 11) is 1.36. The molecule has 0 amide bonds. The van der Waals surface area contributed by atoms with Crippen LogP contribution in [0.3, 0.4) is 0 Å². The summed E-state index contributed by atoms with van der Waals surface area (Å²) in [4.78, 5) is 0. The molecule has 0 aromatic heterocycles. The molecule has 0 bridgehead atoms. The van der Waals surface area contributed by atoms with Gasteiger partial charge in [0.1, 0.15) is 6.79 Å². The summed E-state index contributed by atoms with van der Waals surface area (Å²) in [5.41, 5.74) is -0.896. The Bertz CT molecular complexity index is 497. The maximum absolute atomic E-state index is 13.8. The van der Waals surface area contributed by atoms with Gasteiger partial charge in [0.25, 0.3) is 0 Å². The molecule has 0 radical (unpaired) electrons. The first kappa shape index (κ1) is 16.1. The number of hydrogen-bond acceptors (Lipinski definition) is 3. The molecule has 21 heavy (non-hydrogen) atoms. The van der Waals surface area contributed by atoms with E-state index in [0.29, 0.717) is 19.4 Å². The Morgan fingerprint density at radius 3 is 2.14 bits per heavy atom. The van der Waals surface area contributed by atoms with Crippen molar-refractivity contribution in [1.82, 2.24) is 5.32 Å². The van der Waals surface area contributed by atoms with Crippen LogP contribution in [-0.4, -0.2) is 26.6 Å². The van der Waals surface area contributed by atoms with Gasteiger partial charge in [-0.15, -0.1) is 0 Å². The van der Waals surface area contributed by atoms with Gasteiger partial charge in [-0.05, 0) is 19.4 Å². The van der Waals surface area contributed by atoms with Crippen LogP contribution in [-0.2, 0) is 9.47 Å². The molecular weight excluding hydrogens is 297 g/mol. The minimum atomic E-state index is -2.17. The molecule has 1 fully saturated rings. The number of rotatable bonds is 4. The predicted molar refractivity (Wildman–Crippen MR) is 63.0 cm³/mol. The molecule has 2 rings (SSSR count). The minimum Gasteiger partial charge on any atom is -0.359 e. The summed E-state index contributed by atoms with van der Waals surface area (Å²) in [6.45, 7) is 0.245. The van der Waals surface area contributed by atoms with E-state index in [1.54, 1.807) is 0 Å². The highest BCUT2D eigenvalue weighted by atomic mass is 19.2. The molecule has 0 saturated carbocycles. The first-order chi connectivity index (χ1) is 9.99. The van der Waals surface area contributed by atoms with Gasteiger partial charge in [-0.2, -0.15) is 0 Å². The SMILES string of the molecule is COCO[C@H]1CCCN[C@H]1c1c(F)c(F)c(F)c(F)c1F. The predicted octanol–water partition coefficient (Wildman–Crippen LogP) is 2.80. The summed E-state index contributed by atoms with van der Waals surface area (Å²) < 4.78 is 77.3. The molecule has 1 heterocycles. The van der Waals surface area contributed by atoms with Crippen molar-refractivity contribution >= 4 is 0 Å². The summed E-state index contributed by atoms with van der Waals surface area (Å²) in [6, 6.07) is -1.13.